The van der Waals surface area contributed by atoms with Crippen molar-refractivity contribution in [3.8, 4) is 0 Å². The fraction of sp³-hybridized carbons (Fsp3) is 0.250. The fourth-order valence-corrected chi connectivity index (χ4v) is 2.88. The lowest BCUT2D eigenvalue weighted by Crippen LogP contribution is -2.50. The molecule has 7 nitrogen and oxygen atoms in total. The number of fused-ring (bicyclic) bond motifs is 1. The molecule has 0 radical (unpaired) electrons. The summed E-state index contributed by atoms with van der Waals surface area (Å²) in [6.07, 6.45) is 2.99. The van der Waals surface area contributed by atoms with Crippen LogP contribution in [-0.2, 0) is 11.3 Å². The van der Waals surface area contributed by atoms with Crippen molar-refractivity contribution in [3.05, 3.63) is 48.3 Å². The summed E-state index contributed by atoms with van der Waals surface area (Å²) in [6, 6.07) is 6.53. The number of aromatic amines is 1. The van der Waals surface area contributed by atoms with Crippen LogP contribution in [0.25, 0.3) is 11.2 Å². The maximum absolute atomic E-state index is 13.8. The van der Waals surface area contributed by atoms with E-state index in [1.165, 1.54) is 12.4 Å². The first-order chi connectivity index (χ1) is 11.7. The lowest BCUT2D eigenvalue weighted by atomic mass is 10.2. The molecule has 0 unspecified atom stereocenters. The number of benzene rings is 1. The van der Waals surface area contributed by atoms with Gasteiger partial charge in [0, 0.05) is 25.2 Å². The van der Waals surface area contributed by atoms with Crippen LogP contribution in [0.2, 0.25) is 0 Å². The lowest BCUT2D eigenvalue weighted by molar-refractivity contribution is -0.131. The summed E-state index contributed by atoms with van der Waals surface area (Å²) in [5.41, 5.74) is 1.81. The Labute approximate surface area is 137 Å². The largest absolute Gasteiger partial charge is 0.344 e. The van der Waals surface area contributed by atoms with E-state index in [0.717, 1.165) is 0 Å². The molecule has 4 rings (SSSR count). The van der Waals surface area contributed by atoms with Crippen LogP contribution in [-0.4, -0.2) is 50.4 Å². The Morgan fingerprint density at radius 1 is 1.17 bits per heavy atom. The van der Waals surface area contributed by atoms with Crippen molar-refractivity contribution in [1.29, 1.82) is 0 Å². The van der Waals surface area contributed by atoms with E-state index in [9.17, 15) is 9.18 Å². The van der Waals surface area contributed by atoms with Crippen LogP contribution in [0.3, 0.4) is 0 Å². The predicted octanol–water partition coefficient (Wildman–Crippen LogP) is 1.34. The van der Waals surface area contributed by atoms with E-state index in [-0.39, 0.29) is 24.8 Å². The van der Waals surface area contributed by atoms with Crippen molar-refractivity contribution in [2.75, 3.05) is 24.5 Å². The summed E-state index contributed by atoms with van der Waals surface area (Å²) in [5, 5.41) is 0. The fourth-order valence-electron chi connectivity index (χ4n) is 2.88. The molecule has 1 amide bonds. The molecule has 0 aliphatic carbocycles. The van der Waals surface area contributed by atoms with Gasteiger partial charge < -0.3 is 14.8 Å². The lowest BCUT2D eigenvalue weighted by Gasteiger charge is -2.35. The predicted molar refractivity (Wildman–Crippen MR) is 85.7 cm³/mol. The molecule has 1 aliphatic heterocycles. The van der Waals surface area contributed by atoms with Gasteiger partial charge in [-0.2, -0.15) is 0 Å². The molecule has 1 aromatic carbocycles. The summed E-state index contributed by atoms with van der Waals surface area (Å²) >= 11 is 0. The Morgan fingerprint density at radius 3 is 2.88 bits per heavy atom. The van der Waals surface area contributed by atoms with Crippen molar-refractivity contribution in [3.63, 3.8) is 0 Å². The Bertz CT molecular complexity index is 895. The van der Waals surface area contributed by atoms with Gasteiger partial charge in [-0.15, -0.1) is 0 Å². The number of anilines is 1. The average molecular weight is 326 g/mol. The smallest absolute Gasteiger partial charge is 0.242 e. The maximum Gasteiger partial charge on any atom is 0.242 e. The van der Waals surface area contributed by atoms with Crippen LogP contribution in [0.15, 0.2) is 36.9 Å². The molecule has 24 heavy (non-hydrogen) atoms. The molecule has 0 bridgehead atoms. The zero-order valence-corrected chi connectivity index (χ0v) is 12.8. The molecule has 3 heterocycles. The number of rotatable bonds is 3. The number of carbonyl (C=O) groups is 1. The Kier molecular flexibility index (Phi) is 3.56. The first-order valence-corrected chi connectivity index (χ1v) is 7.62. The summed E-state index contributed by atoms with van der Waals surface area (Å²) in [6.45, 7) is 1.60. The monoisotopic (exact) mass is 326 g/mol. The van der Waals surface area contributed by atoms with Gasteiger partial charge in [0.25, 0.3) is 0 Å². The van der Waals surface area contributed by atoms with E-state index in [4.69, 9.17) is 0 Å². The summed E-state index contributed by atoms with van der Waals surface area (Å²) < 4.78 is 13.8. The zero-order valence-electron chi connectivity index (χ0n) is 12.8. The SMILES string of the molecule is O=C1CN(c2ncnc3nc[nH]c23)CCN1Cc1ccccc1F. The molecule has 8 heteroatoms. The highest BCUT2D eigenvalue weighted by Gasteiger charge is 2.26. The zero-order chi connectivity index (χ0) is 16.5. The summed E-state index contributed by atoms with van der Waals surface area (Å²) in [5.74, 6) is 0.315. The average Bonchev–Trinajstić information content (AvgIpc) is 3.07. The Hall–Kier alpha value is -3.03. The van der Waals surface area contributed by atoms with Gasteiger partial charge in [0.1, 0.15) is 17.7 Å². The molecule has 1 aliphatic rings. The molecule has 0 spiro atoms. The highest BCUT2D eigenvalue weighted by atomic mass is 19.1. The van der Waals surface area contributed by atoms with Gasteiger partial charge in [0.05, 0.1) is 12.9 Å². The normalized spacial score (nSPS) is 15.3. The van der Waals surface area contributed by atoms with Crippen LogP contribution in [0, 0.1) is 5.82 Å². The van der Waals surface area contributed by atoms with E-state index in [2.05, 4.69) is 19.9 Å². The second kappa shape index (κ2) is 5.88. The second-order valence-electron chi connectivity index (χ2n) is 5.63. The van der Waals surface area contributed by atoms with E-state index in [1.54, 1.807) is 29.4 Å². The summed E-state index contributed by atoms with van der Waals surface area (Å²) in [4.78, 5) is 31.5. The van der Waals surface area contributed by atoms with E-state index >= 15 is 0 Å². The minimum absolute atomic E-state index is 0.0595. The molecule has 0 atom stereocenters. The van der Waals surface area contributed by atoms with Crippen LogP contribution in [0.1, 0.15) is 5.56 Å². The third-order valence-electron chi connectivity index (χ3n) is 4.14. The molecular formula is C16H15FN6O. The summed E-state index contributed by atoms with van der Waals surface area (Å²) in [7, 11) is 0. The van der Waals surface area contributed by atoms with Gasteiger partial charge in [-0.05, 0) is 6.07 Å². The van der Waals surface area contributed by atoms with Gasteiger partial charge in [-0.1, -0.05) is 18.2 Å². The van der Waals surface area contributed by atoms with Crippen molar-refractivity contribution >= 4 is 22.9 Å². The molecule has 2 aromatic heterocycles. The molecule has 0 saturated carbocycles. The van der Waals surface area contributed by atoms with Crippen molar-refractivity contribution in [1.82, 2.24) is 24.8 Å². The van der Waals surface area contributed by atoms with Gasteiger partial charge >= 0.3 is 0 Å². The van der Waals surface area contributed by atoms with Crippen molar-refractivity contribution in [2.45, 2.75) is 6.54 Å². The molecule has 3 aromatic rings. The van der Waals surface area contributed by atoms with E-state index in [0.29, 0.717) is 35.6 Å². The number of amides is 1. The number of piperazine rings is 1. The maximum atomic E-state index is 13.8. The molecular weight excluding hydrogens is 311 g/mol. The number of halogens is 1. The molecule has 1 N–H and O–H groups in total. The van der Waals surface area contributed by atoms with Crippen LogP contribution in [0.5, 0.6) is 0 Å². The quantitative estimate of drug-likeness (QED) is 0.786. The van der Waals surface area contributed by atoms with Gasteiger partial charge in [-0.25, -0.2) is 19.3 Å². The molecule has 122 valence electrons. The third-order valence-corrected chi connectivity index (χ3v) is 4.14. The van der Waals surface area contributed by atoms with E-state index in [1.807, 2.05) is 4.90 Å². The number of aromatic nitrogens is 4. The number of imidazole rings is 1. The molecule has 1 fully saturated rings. The minimum Gasteiger partial charge on any atom is -0.344 e. The number of nitrogens with one attached hydrogen (secondary N) is 1. The van der Waals surface area contributed by atoms with Gasteiger partial charge in [0.2, 0.25) is 5.91 Å². The number of hydrogen-bond acceptors (Lipinski definition) is 5. The third kappa shape index (κ3) is 2.55. The number of H-pyrrole nitrogens is 1. The van der Waals surface area contributed by atoms with Crippen LogP contribution < -0.4 is 4.90 Å². The Balaban J connectivity index is 1.52. The Morgan fingerprint density at radius 2 is 2.04 bits per heavy atom. The number of nitrogens with zero attached hydrogens (tertiary/aromatic N) is 5. The second-order valence-corrected chi connectivity index (χ2v) is 5.63. The van der Waals surface area contributed by atoms with Crippen LogP contribution >= 0.6 is 0 Å². The highest BCUT2D eigenvalue weighted by molar-refractivity contribution is 5.88. The number of carbonyl (C=O) groups excluding carboxylic acids is 1. The van der Waals surface area contributed by atoms with Gasteiger partial charge in [-0.3, -0.25) is 4.79 Å². The topological polar surface area (TPSA) is 78.0 Å². The van der Waals surface area contributed by atoms with Crippen LogP contribution in [0.4, 0.5) is 10.2 Å². The van der Waals surface area contributed by atoms with E-state index < -0.39 is 0 Å². The highest BCUT2D eigenvalue weighted by Crippen LogP contribution is 2.22. The minimum atomic E-state index is -0.289. The number of hydrogen-bond donors (Lipinski definition) is 1. The molecule has 1 saturated heterocycles. The van der Waals surface area contributed by atoms with Crippen molar-refractivity contribution in [2.24, 2.45) is 0 Å². The standard InChI is InChI=1S/C16H15FN6O/c17-12-4-2-1-3-11(12)7-22-5-6-23(8-13(22)24)16-14-15(19-9-18-14)20-10-21-16/h1-4,9-10H,5-8H2,(H,18,19,20,21). The first kappa shape index (κ1) is 14.6. The first-order valence-electron chi connectivity index (χ1n) is 7.62. The van der Waals surface area contributed by atoms with Crippen molar-refractivity contribution < 1.29 is 9.18 Å². The van der Waals surface area contributed by atoms with Gasteiger partial charge in [0.15, 0.2) is 11.5 Å².